The molecule has 1 amide bonds. The molecule has 6 nitrogen and oxygen atoms in total. The van der Waals surface area contributed by atoms with Crippen LogP contribution in [0.1, 0.15) is 31.2 Å². The van der Waals surface area contributed by atoms with Crippen LogP contribution in [-0.2, 0) is 21.0 Å². The highest BCUT2D eigenvalue weighted by atomic mass is 32.2. The third-order valence-corrected chi connectivity index (χ3v) is 4.76. The first-order valence-electron chi connectivity index (χ1n) is 7.80. The van der Waals surface area contributed by atoms with Crippen LogP contribution in [0.15, 0.2) is 29.2 Å². The van der Waals surface area contributed by atoms with Gasteiger partial charge in [-0.15, -0.1) is 0 Å². The molecule has 25 heavy (non-hydrogen) atoms. The maximum absolute atomic E-state index is 12.6. The molecule has 0 aliphatic carbocycles. The van der Waals surface area contributed by atoms with Crippen molar-refractivity contribution < 1.29 is 26.4 Å². The van der Waals surface area contributed by atoms with Gasteiger partial charge in [0.1, 0.15) is 0 Å². The molecule has 0 aliphatic rings. The largest absolute Gasteiger partial charge is 0.416 e. The number of nitrogens with two attached hydrogens (primary N) is 1. The van der Waals surface area contributed by atoms with Crippen molar-refractivity contribution in [1.29, 1.82) is 0 Å². The summed E-state index contributed by atoms with van der Waals surface area (Å²) >= 11 is 0. The Morgan fingerprint density at radius 1 is 1.12 bits per heavy atom. The van der Waals surface area contributed by atoms with E-state index in [1.807, 2.05) is 0 Å². The first kappa shape index (κ1) is 21.4. The summed E-state index contributed by atoms with van der Waals surface area (Å²) in [4.78, 5) is 11.0. The number of alkyl halides is 3. The first-order chi connectivity index (χ1) is 11.7. The molecular weight excluding hydrogens is 359 g/mol. The van der Waals surface area contributed by atoms with E-state index in [2.05, 4.69) is 10.0 Å². The van der Waals surface area contributed by atoms with Gasteiger partial charge in [-0.25, -0.2) is 13.1 Å². The van der Waals surface area contributed by atoms with Crippen molar-refractivity contribution in [3.8, 4) is 0 Å². The second kappa shape index (κ2) is 9.73. The predicted molar refractivity (Wildman–Crippen MR) is 87.2 cm³/mol. The number of sulfonamides is 1. The SMILES string of the molecule is NCCCCNC(=O)CCCNS(=O)(=O)c1cccc(C(F)(F)F)c1. The van der Waals surface area contributed by atoms with E-state index in [0.29, 0.717) is 19.2 Å². The van der Waals surface area contributed by atoms with Crippen molar-refractivity contribution in [2.45, 2.75) is 36.8 Å². The summed E-state index contributed by atoms with van der Waals surface area (Å²) in [7, 11) is -4.06. The number of carbonyl (C=O) groups is 1. The smallest absolute Gasteiger partial charge is 0.356 e. The minimum Gasteiger partial charge on any atom is -0.356 e. The summed E-state index contributed by atoms with van der Waals surface area (Å²) in [6.45, 7) is 1.01. The predicted octanol–water partition coefficient (Wildman–Crippen LogP) is 1.62. The zero-order chi connectivity index (χ0) is 18.9. The fourth-order valence-electron chi connectivity index (χ4n) is 1.96. The molecule has 0 spiro atoms. The highest BCUT2D eigenvalue weighted by Gasteiger charge is 2.31. The van der Waals surface area contributed by atoms with Crippen LogP contribution in [0, 0.1) is 0 Å². The van der Waals surface area contributed by atoms with Crippen LogP contribution < -0.4 is 15.8 Å². The molecule has 0 unspecified atom stereocenters. The number of hydrogen-bond donors (Lipinski definition) is 3. The van der Waals surface area contributed by atoms with Crippen molar-refractivity contribution in [2.75, 3.05) is 19.6 Å². The summed E-state index contributed by atoms with van der Waals surface area (Å²) in [5, 5.41) is 2.67. The van der Waals surface area contributed by atoms with Crippen LogP contribution in [0.3, 0.4) is 0 Å². The second-order valence-electron chi connectivity index (χ2n) is 5.37. The van der Waals surface area contributed by atoms with E-state index >= 15 is 0 Å². The van der Waals surface area contributed by atoms with Gasteiger partial charge in [0, 0.05) is 19.5 Å². The molecule has 0 aliphatic heterocycles. The zero-order valence-electron chi connectivity index (χ0n) is 13.6. The number of benzene rings is 1. The molecule has 10 heteroatoms. The van der Waals surface area contributed by atoms with Crippen LogP contribution >= 0.6 is 0 Å². The monoisotopic (exact) mass is 381 g/mol. The van der Waals surface area contributed by atoms with Crippen LogP contribution in [0.2, 0.25) is 0 Å². The molecule has 1 rings (SSSR count). The molecule has 0 aromatic heterocycles. The third-order valence-electron chi connectivity index (χ3n) is 3.30. The Kier molecular flexibility index (Phi) is 8.33. The van der Waals surface area contributed by atoms with Crippen LogP contribution in [0.25, 0.3) is 0 Å². The van der Waals surface area contributed by atoms with E-state index in [1.54, 1.807) is 0 Å². The highest BCUT2D eigenvalue weighted by molar-refractivity contribution is 7.89. The van der Waals surface area contributed by atoms with Crippen molar-refractivity contribution >= 4 is 15.9 Å². The Labute approximate surface area is 145 Å². The van der Waals surface area contributed by atoms with Gasteiger partial charge in [0.05, 0.1) is 10.5 Å². The number of hydrogen-bond acceptors (Lipinski definition) is 4. The molecule has 0 saturated carbocycles. The van der Waals surface area contributed by atoms with Gasteiger partial charge in [0.25, 0.3) is 0 Å². The minimum atomic E-state index is -4.62. The van der Waals surface area contributed by atoms with E-state index in [4.69, 9.17) is 5.73 Å². The zero-order valence-corrected chi connectivity index (χ0v) is 14.4. The van der Waals surface area contributed by atoms with Gasteiger partial charge < -0.3 is 11.1 Å². The first-order valence-corrected chi connectivity index (χ1v) is 9.29. The average molecular weight is 381 g/mol. The number of nitrogens with one attached hydrogen (secondary N) is 2. The fraction of sp³-hybridized carbons (Fsp3) is 0.533. The van der Waals surface area contributed by atoms with Crippen molar-refractivity contribution in [3.05, 3.63) is 29.8 Å². The third kappa shape index (κ3) is 7.84. The quantitative estimate of drug-likeness (QED) is 0.536. The van der Waals surface area contributed by atoms with Gasteiger partial charge in [0.15, 0.2) is 0 Å². The summed E-state index contributed by atoms with van der Waals surface area (Å²) in [6, 6.07) is 3.49. The lowest BCUT2D eigenvalue weighted by Crippen LogP contribution is -2.28. The van der Waals surface area contributed by atoms with E-state index < -0.39 is 26.7 Å². The van der Waals surface area contributed by atoms with E-state index in [-0.39, 0.29) is 25.3 Å². The molecular formula is C15H22F3N3O3S. The standard InChI is InChI=1S/C15H22F3N3O3S/c16-15(17,18)12-5-3-6-13(11-12)25(23,24)21-10-4-7-14(22)20-9-2-1-8-19/h3,5-6,11,21H,1-2,4,7-10,19H2,(H,20,22). The molecule has 1 aromatic carbocycles. The number of rotatable bonds is 10. The highest BCUT2D eigenvalue weighted by Crippen LogP contribution is 2.30. The molecule has 0 atom stereocenters. The van der Waals surface area contributed by atoms with Gasteiger partial charge in [-0.3, -0.25) is 4.79 Å². The summed E-state index contributed by atoms with van der Waals surface area (Å²) in [5.74, 6) is -0.213. The molecule has 0 saturated heterocycles. The molecule has 4 N–H and O–H groups in total. The maximum Gasteiger partial charge on any atom is 0.416 e. The van der Waals surface area contributed by atoms with Crippen molar-refractivity contribution in [1.82, 2.24) is 10.0 Å². The number of amides is 1. The maximum atomic E-state index is 12.6. The Morgan fingerprint density at radius 3 is 2.48 bits per heavy atom. The number of carbonyl (C=O) groups excluding carboxylic acids is 1. The van der Waals surface area contributed by atoms with Gasteiger partial charge >= 0.3 is 6.18 Å². The summed E-state index contributed by atoms with van der Waals surface area (Å²) < 4.78 is 64.1. The van der Waals surface area contributed by atoms with E-state index in [9.17, 15) is 26.4 Å². The Hall–Kier alpha value is -1.65. The Balaban J connectivity index is 2.45. The topological polar surface area (TPSA) is 101 Å². The average Bonchev–Trinajstić information content (AvgIpc) is 2.55. The lowest BCUT2D eigenvalue weighted by atomic mass is 10.2. The molecule has 1 aromatic rings. The van der Waals surface area contributed by atoms with Crippen LogP contribution in [0.4, 0.5) is 13.2 Å². The Bertz CT molecular complexity index is 663. The Morgan fingerprint density at radius 2 is 1.84 bits per heavy atom. The van der Waals surface area contributed by atoms with Gasteiger partial charge in [-0.1, -0.05) is 6.07 Å². The van der Waals surface area contributed by atoms with E-state index in [1.165, 1.54) is 0 Å². The molecule has 0 bridgehead atoms. The number of halogens is 3. The molecule has 0 radical (unpaired) electrons. The normalized spacial score (nSPS) is 12.2. The lowest BCUT2D eigenvalue weighted by molar-refractivity contribution is -0.137. The summed E-state index contributed by atoms with van der Waals surface area (Å²) in [5.41, 5.74) is 4.29. The molecule has 0 fully saturated rings. The molecule has 0 heterocycles. The van der Waals surface area contributed by atoms with E-state index in [0.717, 1.165) is 31.0 Å². The summed E-state index contributed by atoms with van der Waals surface area (Å²) in [6.07, 6.45) is -2.69. The van der Waals surface area contributed by atoms with Crippen molar-refractivity contribution in [3.63, 3.8) is 0 Å². The van der Waals surface area contributed by atoms with Crippen LogP contribution in [0.5, 0.6) is 0 Å². The molecule has 142 valence electrons. The van der Waals surface area contributed by atoms with Gasteiger partial charge in [0.2, 0.25) is 15.9 Å². The van der Waals surface area contributed by atoms with Gasteiger partial charge in [-0.2, -0.15) is 13.2 Å². The number of unbranched alkanes of at least 4 members (excludes halogenated alkanes) is 1. The second-order valence-corrected chi connectivity index (χ2v) is 7.14. The lowest BCUT2D eigenvalue weighted by Gasteiger charge is -2.10. The van der Waals surface area contributed by atoms with Crippen molar-refractivity contribution in [2.24, 2.45) is 5.73 Å². The fourth-order valence-corrected chi connectivity index (χ4v) is 3.08. The van der Waals surface area contributed by atoms with Crippen LogP contribution in [-0.4, -0.2) is 34.0 Å². The van der Waals surface area contributed by atoms with Gasteiger partial charge in [-0.05, 0) is 44.0 Å². The minimum absolute atomic E-state index is 0.0468.